The maximum atomic E-state index is 5.43. The second-order valence-electron chi connectivity index (χ2n) is 4.12. The van der Waals surface area contributed by atoms with Crippen molar-refractivity contribution in [3.05, 3.63) is 12.7 Å². The van der Waals surface area contributed by atoms with Crippen LogP contribution in [0.3, 0.4) is 0 Å². The molecule has 2 N–H and O–H groups in total. The van der Waals surface area contributed by atoms with Crippen LogP contribution in [0.1, 0.15) is 12.8 Å². The molecule has 0 aromatic carbocycles. The predicted molar refractivity (Wildman–Crippen MR) is 78.7 cm³/mol. The molecule has 0 atom stereocenters. The van der Waals surface area contributed by atoms with Crippen molar-refractivity contribution in [1.29, 1.82) is 0 Å². The van der Waals surface area contributed by atoms with E-state index in [1.807, 2.05) is 13.1 Å². The van der Waals surface area contributed by atoms with Gasteiger partial charge in [0.15, 0.2) is 0 Å². The Kier molecular flexibility index (Phi) is 17.1. The molecule has 0 radical (unpaired) electrons. The van der Waals surface area contributed by atoms with Gasteiger partial charge in [-0.3, -0.25) is 0 Å². The monoisotopic (exact) mass is 274 g/mol. The lowest BCUT2D eigenvalue weighted by Crippen LogP contribution is -2.25. The highest BCUT2D eigenvalue weighted by atomic mass is 16.5. The Morgan fingerprint density at radius 1 is 0.842 bits per heavy atom. The van der Waals surface area contributed by atoms with E-state index >= 15 is 0 Å². The van der Waals surface area contributed by atoms with Crippen molar-refractivity contribution in [3.63, 3.8) is 0 Å². The van der Waals surface area contributed by atoms with E-state index in [1.165, 1.54) is 0 Å². The summed E-state index contributed by atoms with van der Waals surface area (Å²) in [5.41, 5.74) is 0. The minimum Gasteiger partial charge on any atom is -0.379 e. The van der Waals surface area contributed by atoms with Crippen LogP contribution in [0, 0.1) is 0 Å². The largest absolute Gasteiger partial charge is 0.379 e. The van der Waals surface area contributed by atoms with Crippen LogP contribution >= 0.6 is 0 Å². The fourth-order valence-electron chi connectivity index (χ4n) is 1.34. The van der Waals surface area contributed by atoms with Crippen molar-refractivity contribution in [2.45, 2.75) is 12.8 Å². The number of hydrogen-bond acceptors (Lipinski definition) is 5. The van der Waals surface area contributed by atoms with E-state index in [4.69, 9.17) is 14.2 Å². The van der Waals surface area contributed by atoms with Gasteiger partial charge in [0.2, 0.25) is 0 Å². The molecule has 5 nitrogen and oxygen atoms in total. The lowest BCUT2D eigenvalue weighted by molar-refractivity contribution is 0.0475. The third kappa shape index (κ3) is 17.5. The number of nitrogens with one attached hydrogen (secondary N) is 2. The van der Waals surface area contributed by atoms with Gasteiger partial charge in [-0.25, -0.2) is 0 Å². The fraction of sp³-hybridized carbons (Fsp3) is 0.857. The van der Waals surface area contributed by atoms with Gasteiger partial charge < -0.3 is 24.8 Å². The molecule has 0 aliphatic carbocycles. The van der Waals surface area contributed by atoms with Gasteiger partial charge in [0.25, 0.3) is 0 Å². The van der Waals surface area contributed by atoms with Gasteiger partial charge in [-0.2, -0.15) is 0 Å². The number of allylic oxidation sites excluding steroid dienone is 1. The number of ether oxygens (including phenoxy) is 3. The van der Waals surface area contributed by atoms with Gasteiger partial charge in [0.1, 0.15) is 0 Å². The molecule has 0 fully saturated rings. The first-order valence-electron chi connectivity index (χ1n) is 7.11. The zero-order chi connectivity index (χ0) is 14.0. The van der Waals surface area contributed by atoms with Gasteiger partial charge in [0.05, 0.1) is 33.0 Å². The Labute approximate surface area is 117 Å². The van der Waals surface area contributed by atoms with Crippen LogP contribution in [0.4, 0.5) is 0 Å². The van der Waals surface area contributed by atoms with Crippen molar-refractivity contribution in [3.8, 4) is 0 Å². The Balaban J connectivity index is 2.89. The van der Waals surface area contributed by atoms with Gasteiger partial charge in [0, 0.05) is 26.2 Å². The lowest BCUT2D eigenvalue weighted by atomic mass is 10.3. The van der Waals surface area contributed by atoms with Crippen molar-refractivity contribution in [2.24, 2.45) is 0 Å². The van der Waals surface area contributed by atoms with Gasteiger partial charge in [-0.1, -0.05) is 6.08 Å². The summed E-state index contributed by atoms with van der Waals surface area (Å²) >= 11 is 0. The molecular weight excluding hydrogens is 244 g/mol. The van der Waals surface area contributed by atoms with E-state index in [9.17, 15) is 0 Å². The molecule has 0 bridgehead atoms. The van der Waals surface area contributed by atoms with E-state index in [0.717, 1.165) is 52.3 Å². The molecule has 5 heteroatoms. The zero-order valence-electron chi connectivity index (χ0n) is 12.3. The van der Waals surface area contributed by atoms with Crippen LogP contribution in [0.2, 0.25) is 0 Å². The fourth-order valence-corrected chi connectivity index (χ4v) is 1.34. The van der Waals surface area contributed by atoms with Gasteiger partial charge in [-0.15, -0.1) is 6.58 Å². The summed E-state index contributed by atoms with van der Waals surface area (Å²) in [6.45, 7) is 10.6. The van der Waals surface area contributed by atoms with Crippen LogP contribution in [0.5, 0.6) is 0 Å². The van der Waals surface area contributed by atoms with E-state index in [0.29, 0.717) is 19.8 Å². The third-order valence-electron chi connectivity index (χ3n) is 2.41. The smallest absolute Gasteiger partial charge is 0.0701 e. The van der Waals surface area contributed by atoms with Crippen molar-refractivity contribution in [2.75, 3.05) is 66.3 Å². The summed E-state index contributed by atoms with van der Waals surface area (Å²) < 4.78 is 16.2. The average molecular weight is 274 g/mol. The summed E-state index contributed by atoms with van der Waals surface area (Å²) in [5, 5.41) is 6.29. The first-order valence-corrected chi connectivity index (χ1v) is 7.11. The standard InChI is InChI=1S/C14H30N2O3/c1-3-4-5-9-17-13-14-19-12-8-16-7-11-18-10-6-15-2/h3,15-16H,1,4-14H2,2H3. The first-order chi connectivity index (χ1) is 9.41. The molecule has 0 rings (SSSR count). The third-order valence-corrected chi connectivity index (χ3v) is 2.41. The SMILES string of the molecule is C=CCCCOCCOCCNCCOCCNC. The summed E-state index contributed by atoms with van der Waals surface area (Å²) in [6.07, 6.45) is 3.97. The summed E-state index contributed by atoms with van der Waals surface area (Å²) in [7, 11) is 1.92. The predicted octanol–water partition coefficient (Wildman–Crippen LogP) is 0.811. The topological polar surface area (TPSA) is 51.8 Å². The van der Waals surface area contributed by atoms with Gasteiger partial charge in [-0.05, 0) is 19.9 Å². The molecular formula is C14H30N2O3. The van der Waals surface area contributed by atoms with Crippen molar-refractivity contribution in [1.82, 2.24) is 10.6 Å². The Morgan fingerprint density at radius 2 is 1.42 bits per heavy atom. The van der Waals surface area contributed by atoms with Crippen LogP contribution in [-0.4, -0.2) is 66.3 Å². The molecule has 0 aromatic heterocycles. The Morgan fingerprint density at radius 3 is 2.05 bits per heavy atom. The van der Waals surface area contributed by atoms with E-state index in [-0.39, 0.29) is 0 Å². The van der Waals surface area contributed by atoms with E-state index in [2.05, 4.69) is 17.2 Å². The molecule has 0 spiro atoms. The van der Waals surface area contributed by atoms with Crippen LogP contribution in [0.25, 0.3) is 0 Å². The summed E-state index contributed by atoms with van der Waals surface area (Å²) in [6, 6.07) is 0. The number of hydrogen-bond donors (Lipinski definition) is 2. The molecule has 0 aromatic rings. The molecule has 0 amide bonds. The van der Waals surface area contributed by atoms with Crippen LogP contribution in [-0.2, 0) is 14.2 Å². The highest BCUT2D eigenvalue weighted by molar-refractivity contribution is 4.64. The molecule has 0 saturated carbocycles. The minimum absolute atomic E-state index is 0.661. The average Bonchev–Trinajstić information content (AvgIpc) is 2.43. The Bertz CT molecular complexity index is 180. The molecule has 0 aliphatic heterocycles. The quantitative estimate of drug-likeness (QED) is 0.322. The second-order valence-corrected chi connectivity index (χ2v) is 4.12. The molecule has 19 heavy (non-hydrogen) atoms. The van der Waals surface area contributed by atoms with Gasteiger partial charge >= 0.3 is 0 Å². The second kappa shape index (κ2) is 17.5. The minimum atomic E-state index is 0.661. The molecule has 0 heterocycles. The number of unbranched alkanes of at least 4 members (excludes halogenated alkanes) is 1. The zero-order valence-corrected chi connectivity index (χ0v) is 12.3. The first kappa shape index (κ1) is 18.5. The summed E-state index contributed by atoms with van der Waals surface area (Å²) in [4.78, 5) is 0. The lowest BCUT2D eigenvalue weighted by Gasteiger charge is -2.07. The summed E-state index contributed by atoms with van der Waals surface area (Å²) in [5.74, 6) is 0. The van der Waals surface area contributed by atoms with Crippen molar-refractivity contribution < 1.29 is 14.2 Å². The Hall–Kier alpha value is -0.460. The number of rotatable bonds is 16. The van der Waals surface area contributed by atoms with Crippen LogP contribution in [0.15, 0.2) is 12.7 Å². The molecule has 114 valence electrons. The van der Waals surface area contributed by atoms with E-state index in [1.54, 1.807) is 0 Å². The highest BCUT2D eigenvalue weighted by Gasteiger charge is 1.91. The van der Waals surface area contributed by atoms with Crippen LogP contribution < -0.4 is 10.6 Å². The number of likely N-dealkylation sites (N-methyl/N-ethyl adjacent to an activating group) is 1. The highest BCUT2D eigenvalue weighted by Crippen LogP contribution is 1.90. The molecule has 0 aliphatic rings. The molecule has 0 saturated heterocycles. The van der Waals surface area contributed by atoms with E-state index < -0.39 is 0 Å². The molecule has 0 unspecified atom stereocenters. The normalized spacial score (nSPS) is 10.8. The maximum absolute atomic E-state index is 5.43. The van der Waals surface area contributed by atoms with Crippen molar-refractivity contribution >= 4 is 0 Å². The maximum Gasteiger partial charge on any atom is 0.0701 e.